The molecule has 1 aliphatic heterocycles. The van der Waals surface area contributed by atoms with E-state index in [-0.39, 0.29) is 6.42 Å². The largest absolute Gasteiger partial charge is 0.497 e. The van der Waals surface area contributed by atoms with Crippen LogP contribution in [0, 0.1) is 11.8 Å². The fourth-order valence-electron chi connectivity index (χ4n) is 5.45. The van der Waals surface area contributed by atoms with Gasteiger partial charge < -0.3 is 24.3 Å². The number of fused-ring (bicyclic) bond motifs is 1. The molecule has 0 saturated carbocycles. The monoisotopic (exact) mass is 495 g/mol. The average Bonchev–Trinajstić information content (AvgIpc) is 3.42. The number of aliphatic hydroxyl groups is 1. The summed E-state index contributed by atoms with van der Waals surface area (Å²) in [5, 5.41) is 21.3. The van der Waals surface area contributed by atoms with E-state index in [9.17, 15) is 15.0 Å². The molecule has 8 nitrogen and oxygen atoms in total. The van der Waals surface area contributed by atoms with Gasteiger partial charge in [0.1, 0.15) is 12.0 Å². The van der Waals surface area contributed by atoms with Crippen molar-refractivity contribution in [2.24, 2.45) is 11.8 Å². The highest BCUT2D eigenvalue weighted by Gasteiger charge is 2.30. The van der Waals surface area contributed by atoms with Crippen LogP contribution in [0.2, 0.25) is 0 Å². The fourth-order valence-corrected chi connectivity index (χ4v) is 5.45. The molecule has 0 spiro atoms. The van der Waals surface area contributed by atoms with E-state index in [0.29, 0.717) is 24.7 Å². The predicted molar refractivity (Wildman–Crippen MR) is 137 cm³/mol. The zero-order valence-electron chi connectivity index (χ0n) is 21.0. The van der Waals surface area contributed by atoms with Crippen LogP contribution in [-0.4, -0.2) is 57.8 Å². The van der Waals surface area contributed by atoms with E-state index in [1.54, 1.807) is 25.8 Å². The van der Waals surface area contributed by atoms with Crippen LogP contribution in [0.3, 0.4) is 0 Å². The molecule has 194 valence electrons. The third-order valence-corrected chi connectivity index (χ3v) is 7.46. The van der Waals surface area contributed by atoms with Crippen molar-refractivity contribution in [1.82, 2.24) is 14.9 Å². The van der Waals surface area contributed by atoms with Crippen molar-refractivity contribution < 1.29 is 24.2 Å². The van der Waals surface area contributed by atoms with Gasteiger partial charge in [-0.3, -0.25) is 9.78 Å². The number of piperidine rings is 1. The maximum absolute atomic E-state index is 11.3. The van der Waals surface area contributed by atoms with Crippen LogP contribution in [0.15, 0.2) is 47.3 Å². The highest BCUT2D eigenvalue weighted by molar-refractivity contribution is 5.83. The number of hydrogen-bond donors (Lipinski definition) is 2. The molecule has 36 heavy (non-hydrogen) atoms. The Balaban J connectivity index is 1.33. The standard InChI is InChI=1S/C28H37N3O5/c1-35-22-7-8-25-24(18-22)23(11-13-29-25)26(32)9-5-20-12-16-31(19-21(20)6-10-28(33)34)15-3-2-4-27-30-14-17-36-27/h7-8,11,13-14,17-18,20-21,26,32H,2-6,9-10,12,15-16,19H2,1H3,(H,33,34)/t20-,21+,26?/m1/s1. The maximum atomic E-state index is 11.3. The first kappa shape index (κ1) is 26.1. The number of pyridine rings is 1. The molecule has 8 heteroatoms. The molecule has 0 aliphatic carbocycles. The zero-order valence-corrected chi connectivity index (χ0v) is 21.0. The minimum absolute atomic E-state index is 0.191. The lowest BCUT2D eigenvalue weighted by molar-refractivity contribution is -0.137. The van der Waals surface area contributed by atoms with Gasteiger partial charge in [0, 0.05) is 31.0 Å². The normalized spacial score (nSPS) is 19.4. The van der Waals surface area contributed by atoms with E-state index in [2.05, 4.69) is 14.9 Å². The number of carboxylic acid groups (broad SMARTS) is 1. The first-order chi connectivity index (χ1) is 17.5. The van der Waals surface area contributed by atoms with Crippen molar-refractivity contribution in [3.05, 3.63) is 54.4 Å². The number of hydrogen-bond acceptors (Lipinski definition) is 7. The zero-order chi connectivity index (χ0) is 25.3. The molecule has 2 aromatic heterocycles. The van der Waals surface area contributed by atoms with Crippen molar-refractivity contribution >= 4 is 16.9 Å². The molecule has 2 N–H and O–H groups in total. The number of nitrogens with zero attached hydrogens (tertiary/aromatic N) is 3. The molecule has 1 aromatic carbocycles. The third-order valence-electron chi connectivity index (χ3n) is 7.46. The van der Waals surface area contributed by atoms with E-state index < -0.39 is 12.1 Å². The molecule has 3 aromatic rings. The molecule has 0 radical (unpaired) electrons. The highest BCUT2D eigenvalue weighted by atomic mass is 16.5. The van der Waals surface area contributed by atoms with Gasteiger partial charge >= 0.3 is 5.97 Å². The number of rotatable bonds is 13. The number of carboxylic acids is 1. The van der Waals surface area contributed by atoms with E-state index in [1.165, 1.54) is 0 Å². The summed E-state index contributed by atoms with van der Waals surface area (Å²) in [6, 6.07) is 7.60. The number of aliphatic carboxylic acids is 1. The second kappa shape index (κ2) is 12.8. The van der Waals surface area contributed by atoms with Gasteiger partial charge in [0.15, 0.2) is 5.89 Å². The lowest BCUT2D eigenvalue weighted by atomic mass is 9.79. The topological polar surface area (TPSA) is 109 Å². The lowest BCUT2D eigenvalue weighted by Gasteiger charge is -2.39. The fraction of sp³-hybridized carbons (Fsp3) is 0.536. The second-order valence-corrected chi connectivity index (χ2v) is 9.80. The van der Waals surface area contributed by atoms with E-state index in [0.717, 1.165) is 79.8 Å². The number of unbranched alkanes of at least 4 members (excludes halogenated alkanes) is 1. The first-order valence-electron chi connectivity index (χ1n) is 13.0. The number of carbonyl (C=O) groups is 1. The van der Waals surface area contributed by atoms with Gasteiger partial charge in [-0.1, -0.05) is 0 Å². The van der Waals surface area contributed by atoms with Crippen LogP contribution in [0.25, 0.3) is 10.9 Å². The summed E-state index contributed by atoms with van der Waals surface area (Å²) in [6.45, 7) is 2.94. The van der Waals surface area contributed by atoms with Gasteiger partial charge in [-0.2, -0.15) is 0 Å². The van der Waals surface area contributed by atoms with Gasteiger partial charge in [0.05, 0.1) is 24.9 Å². The second-order valence-electron chi connectivity index (χ2n) is 9.80. The summed E-state index contributed by atoms with van der Waals surface area (Å²) in [6.07, 6.45) is 10.8. The Morgan fingerprint density at radius 1 is 1.19 bits per heavy atom. The number of oxazole rings is 1. The van der Waals surface area contributed by atoms with Crippen LogP contribution in [0.5, 0.6) is 5.75 Å². The summed E-state index contributed by atoms with van der Waals surface area (Å²) in [7, 11) is 1.63. The smallest absolute Gasteiger partial charge is 0.303 e. The van der Waals surface area contributed by atoms with Crippen molar-refractivity contribution in [3.63, 3.8) is 0 Å². The SMILES string of the molecule is COc1ccc2nccc(C(O)CC[C@@H]3CCN(CCCCc4ncco4)C[C@@H]3CCC(=O)O)c2c1. The molecular weight excluding hydrogens is 458 g/mol. The molecule has 3 heterocycles. The minimum atomic E-state index is -0.742. The van der Waals surface area contributed by atoms with Crippen LogP contribution >= 0.6 is 0 Å². The Bertz CT molecular complexity index is 1100. The van der Waals surface area contributed by atoms with Crippen molar-refractivity contribution in [2.45, 2.75) is 57.5 Å². The van der Waals surface area contributed by atoms with Gasteiger partial charge in [-0.25, -0.2) is 4.98 Å². The number of aromatic nitrogens is 2. The summed E-state index contributed by atoms with van der Waals surface area (Å²) in [5.74, 6) is 1.51. The van der Waals surface area contributed by atoms with Crippen LogP contribution in [0.4, 0.5) is 0 Å². The van der Waals surface area contributed by atoms with Crippen LogP contribution < -0.4 is 4.74 Å². The minimum Gasteiger partial charge on any atom is -0.497 e. The summed E-state index contributed by atoms with van der Waals surface area (Å²) < 4.78 is 10.7. The highest BCUT2D eigenvalue weighted by Crippen LogP contribution is 2.35. The van der Waals surface area contributed by atoms with Gasteiger partial charge in [-0.15, -0.1) is 0 Å². The number of likely N-dealkylation sites (tertiary alicyclic amines) is 1. The quantitative estimate of drug-likeness (QED) is 0.323. The van der Waals surface area contributed by atoms with Crippen molar-refractivity contribution in [3.8, 4) is 5.75 Å². The van der Waals surface area contributed by atoms with Crippen LogP contribution in [-0.2, 0) is 11.2 Å². The lowest BCUT2D eigenvalue weighted by Crippen LogP contribution is -2.41. The third kappa shape index (κ3) is 7.04. The van der Waals surface area contributed by atoms with Crippen LogP contribution in [0.1, 0.15) is 62.5 Å². The van der Waals surface area contributed by atoms with Gasteiger partial charge in [0.25, 0.3) is 0 Å². The van der Waals surface area contributed by atoms with Gasteiger partial charge in [0.2, 0.25) is 0 Å². The number of aliphatic hydroxyl groups excluding tert-OH is 1. The summed E-state index contributed by atoms with van der Waals surface area (Å²) >= 11 is 0. The van der Waals surface area contributed by atoms with E-state index in [4.69, 9.17) is 9.15 Å². The molecule has 1 unspecified atom stereocenters. The summed E-state index contributed by atoms with van der Waals surface area (Å²) in [5.41, 5.74) is 1.70. The predicted octanol–water partition coefficient (Wildman–Crippen LogP) is 4.87. The molecule has 1 fully saturated rings. The molecule has 1 saturated heterocycles. The Labute approximate surface area is 212 Å². The number of ether oxygens (including phenoxy) is 1. The first-order valence-corrected chi connectivity index (χ1v) is 13.0. The Hall–Kier alpha value is -2.97. The Morgan fingerprint density at radius 3 is 2.86 bits per heavy atom. The molecule has 0 amide bonds. The maximum Gasteiger partial charge on any atom is 0.303 e. The molecule has 0 bridgehead atoms. The number of aryl methyl sites for hydroxylation is 1. The average molecular weight is 496 g/mol. The van der Waals surface area contributed by atoms with Crippen molar-refractivity contribution in [1.29, 1.82) is 0 Å². The van der Waals surface area contributed by atoms with Gasteiger partial charge in [-0.05, 0) is 93.3 Å². The summed E-state index contributed by atoms with van der Waals surface area (Å²) in [4.78, 5) is 22.4. The Kier molecular flexibility index (Phi) is 9.30. The van der Waals surface area contributed by atoms with E-state index in [1.807, 2.05) is 24.3 Å². The molecule has 1 aliphatic rings. The van der Waals surface area contributed by atoms with E-state index >= 15 is 0 Å². The van der Waals surface area contributed by atoms with Crippen molar-refractivity contribution in [2.75, 3.05) is 26.7 Å². The number of benzene rings is 1. The Morgan fingerprint density at radius 2 is 2.08 bits per heavy atom. The number of methoxy groups -OCH3 is 1. The molecular formula is C28H37N3O5. The molecule has 4 rings (SSSR count). The molecule has 3 atom stereocenters.